The second-order valence-corrected chi connectivity index (χ2v) is 9.15. The molecule has 1 amide bonds. The molecule has 2 aromatic carbocycles. The first-order valence-electron chi connectivity index (χ1n) is 10.7. The summed E-state index contributed by atoms with van der Waals surface area (Å²) in [5.41, 5.74) is 4.87. The van der Waals surface area contributed by atoms with Crippen molar-refractivity contribution in [3.63, 3.8) is 0 Å². The Labute approximate surface area is 186 Å². The third-order valence-electron chi connectivity index (χ3n) is 6.91. The highest BCUT2D eigenvalue weighted by atomic mass is 35.5. The number of anilines is 1. The molecule has 7 rings (SSSR count). The van der Waals surface area contributed by atoms with E-state index < -0.39 is 0 Å². The number of ether oxygens (including phenoxy) is 1. The standard InChI is InChI=1S/C23H18ClN5O3/c24-13-3-4-17-12(6-13)7-18-14-9-19-16(8-15(14)23(31)28(17)18)25-22(30)21-27-26-20(29(19)21)11-2-1-5-32-10-11/h3-4,6,8-9,11,18H,1-2,5,7,10H2,(H,25,30). The predicted octanol–water partition coefficient (Wildman–Crippen LogP) is 3.38. The van der Waals surface area contributed by atoms with Crippen molar-refractivity contribution >= 4 is 39.9 Å². The molecule has 2 unspecified atom stereocenters. The van der Waals surface area contributed by atoms with Crippen molar-refractivity contribution in [3.8, 4) is 0 Å². The van der Waals surface area contributed by atoms with E-state index in [1.807, 2.05) is 33.6 Å². The number of H-pyrrole nitrogens is 1. The van der Waals surface area contributed by atoms with Crippen molar-refractivity contribution in [1.29, 1.82) is 0 Å². The number of amides is 1. The van der Waals surface area contributed by atoms with Crippen LogP contribution in [0.3, 0.4) is 0 Å². The van der Waals surface area contributed by atoms with Crippen molar-refractivity contribution < 1.29 is 9.53 Å². The van der Waals surface area contributed by atoms with Crippen LogP contribution in [0.5, 0.6) is 0 Å². The van der Waals surface area contributed by atoms with E-state index in [0.717, 1.165) is 47.6 Å². The lowest BCUT2D eigenvalue weighted by molar-refractivity contribution is 0.0778. The van der Waals surface area contributed by atoms with Gasteiger partial charge in [-0.25, -0.2) is 0 Å². The number of nitrogens with zero attached hydrogens (tertiary/aromatic N) is 4. The maximum Gasteiger partial charge on any atom is 0.294 e. The average Bonchev–Trinajstić information content (AvgIpc) is 3.47. The quantitative estimate of drug-likeness (QED) is 0.483. The Bertz CT molecular complexity index is 1520. The van der Waals surface area contributed by atoms with E-state index in [2.05, 4.69) is 15.2 Å². The van der Waals surface area contributed by atoms with E-state index >= 15 is 0 Å². The molecule has 0 bridgehead atoms. The Morgan fingerprint density at radius 1 is 1.16 bits per heavy atom. The fourth-order valence-electron chi connectivity index (χ4n) is 5.47. The van der Waals surface area contributed by atoms with Gasteiger partial charge in [-0.3, -0.25) is 14.0 Å². The monoisotopic (exact) mass is 447 g/mol. The number of carbonyl (C=O) groups excluding carboxylic acids is 1. The SMILES string of the molecule is O=C1c2cc3[nH]c(=O)c4nnc(C5CCCOC5)n4c3cc2C2Cc3cc(Cl)ccc3N12. The predicted molar refractivity (Wildman–Crippen MR) is 119 cm³/mol. The van der Waals surface area contributed by atoms with Gasteiger partial charge in [-0.1, -0.05) is 11.6 Å². The van der Waals surface area contributed by atoms with E-state index in [-0.39, 0.29) is 29.1 Å². The number of carbonyl (C=O) groups is 1. The number of fused-ring (bicyclic) bond motifs is 8. The summed E-state index contributed by atoms with van der Waals surface area (Å²) in [6.07, 6.45) is 2.59. The van der Waals surface area contributed by atoms with Gasteiger partial charge in [0, 0.05) is 28.8 Å². The van der Waals surface area contributed by atoms with Crippen LogP contribution in [0, 0.1) is 0 Å². The van der Waals surface area contributed by atoms with Gasteiger partial charge in [0.25, 0.3) is 11.5 Å². The van der Waals surface area contributed by atoms with Crippen molar-refractivity contribution in [3.05, 3.63) is 68.2 Å². The highest BCUT2D eigenvalue weighted by molar-refractivity contribution is 6.30. The van der Waals surface area contributed by atoms with Crippen LogP contribution in [0.2, 0.25) is 5.02 Å². The van der Waals surface area contributed by atoms with E-state index in [1.54, 1.807) is 6.07 Å². The number of aromatic nitrogens is 4. The molecule has 1 fully saturated rings. The Morgan fingerprint density at radius 3 is 2.91 bits per heavy atom. The van der Waals surface area contributed by atoms with Crippen LogP contribution in [0.15, 0.2) is 35.1 Å². The molecule has 8 nitrogen and oxygen atoms in total. The highest BCUT2D eigenvalue weighted by Gasteiger charge is 2.43. The minimum atomic E-state index is -0.320. The van der Waals surface area contributed by atoms with Crippen molar-refractivity contribution in [2.75, 3.05) is 18.1 Å². The topological polar surface area (TPSA) is 92.6 Å². The summed E-state index contributed by atoms with van der Waals surface area (Å²) in [5, 5.41) is 9.22. The average molecular weight is 448 g/mol. The largest absolute Gasteiger partial charge is 0.381 e. The van der Waals surface area contributed by atoms with Crippen LogP contribution in [0.1, 0.15) is 52.1 Å². The Morgan fingerprint density at radius 2 is 2.06 bits per heavy atom. The second-order valence-electron chi connectivity index (χ2n) is 8.71. The van der Waals surface area contributed by atoms with Crippen molar-refractivity contribution in [2.45, 2.75) is 31.2 Å². The second kappa shape index (κ2) is 6.40. The van der Waals surface area contributed by atoms with Gasteiger partial charge in [0.05, 0.1) is 23.7 Å². The van der Waals surface area contributed by atoms with Crippen LogP contribution >= 0.6 is 11.6 Å². The smallest absolute Gasteiger partial charge is 0.294 e. The third kappa shape index (κ3) is 2.36. The molecule has 0 radical (unpaired) electrons. The van der Waals surface area contributed by atoms with Gasteiger partial charge < -0.3 is 14.6 Å². The first kappa shape index (κ1) is 18.4. The third-order valence-corrected chi connectivity index (χ3v) is 7.14. The summed E-state index contributed by atoms with van der Waals surface area (Å²) in [5.74, 6) is 0.755. The number of rotatable bonds is 1. The molecular weight excluding hydrogens is 430 g/mol. The molecule has 2 atom stereocenters. The van der Waals surface area contributed by atoms with Crippen LogP contribution < -0.4 is 10.5 Å². The van der Waals surface area contributed by atoms with Gasteiger partial charge in [0.15, 0.2) is 0 Å². The van der Waals surface area contributed by atoms with Gasteiger partial charge in [-0.15, -0.1) is 10.2 Å². The normalized spacial score (nSPS) is 21.9. The minimum absolute atomic E-state index is 0.0569. The van der Waals surface area contributed by atoms with Gasteiger partial charge >= 0.3 is 0 Å². The fourth-order valence-corrected chi connectivity index (χ4v) is 5.66. The number of aromatic amines is 1. The molecule has 1 N–H and O–H groups in total. The first-order valence-corrected chi connectivity index (χ1v) is 11.1. The summed E-state index contributed by atoms with van der Waals surface area (Å²) >= 11 is 6.19. The van der Waals surface area contributed by atoms with Crippen LogP contribution in [-0.2, 0) is 11.2 Å². The zero-order valence-corrected chi connectivity index (χ0v) is 17.7. The zero-order valence-electron chi connectivity index (χ0n) is 17.0. The number of benzene rings is 2. The highest BCUT2D eigenvalue weighted by Crippen LogP contribution is 2.48. The lowest BCUT2D eigenvalue weighted by Crippen LogP contribution is -2.23. The zero-order chi connectivity index (χ0) is 21.6. The maximum absolute atomic E-state index is 13.3. The molecule has 160 valence electrons. The fraction of sp³-hybridized carbons (Fsp3) is 0.304. The molecule has 2 aromatic heterocycles. The van der Waals surface area contributed by atoms with Gasteiger partial charge in [0.1, 0.15) is 5.82 Å². The summed E-state index contributed by atoms with van der Waals surface area (Å²) < 4.78 is 7.51. The Hall–Kier alpha value is -3.23. The van der Waals surface area contributed by atoms with Crippen LogP contribution in [0.25, 0.3) is 16.7 Å². The summed E-state index contributed by atoms with van der Waals surface area (Å²) in [6, 6.07) is 9.37. The molecular formula is C23H18ClN5O3. The molecule has 1 saturated heterocycles. The summed E-state index contributed by atoms with van der Waals surface area (Å²) in [7, 11) is 0. The van der Waals surface area contributed by atoms with Crippen LogP contribution in [-0.4, -0.2) is 38.7 Å². The molecule has 3 aliphatic heterocycles. The molecule has 5 heterocycles. The van der Waals surface area contributed by atoms with E-state index in [4.69, 9.17) is 16.3 Å². The Kier molecular flexibility index (Phi) is 3.67. The van der Waals surface area contributed by atoms with Gasteiger partial charge in [-0.05, 0) is 60.7 Å². The summed E-state index contributed by atoms with van der Waals surface area (Å²) in [4.78, 5) is 30.8. The molecule has 32 heavy (non-hydrogen) atoms. The molecule has 4 aromatic rings. The van der Waals surface area contributed by atoms with E-state index in [1.165, 1.54) is 0 Å². The number of nitrogens with one attached hydrogen (secondary N) is 1. The molecule has 0 saturated carbocycles. The van der Waals surface area contributed by atoms with Gasteiger partial charge in [-0.2, -0.15) is 0 Å². The van der Waals surface area contributed by atoms with Crippen molar-refractivity contribution in [1.82, 2.24) is 19.6 Å². The molecule has 0 aliphatic carbocycles. The summed E-state index contributed by atoms with van der Waals surface area (Å²) in [6.45, 7) is 1.30. The first-order chi connectivity index (χ1) is 15.6. The molecule has 3 aliphatic rings. The minimum Gasteiger partial charge on any atom is -0.381 e. The molecule has 0 spiro atoms. The van der Waals surface area contributed by atoms with Gasteiger partial charge in [0.2, 0.25) is 5.65 Å². The van der Waals surface area contributed by atoms with E-state index in [9.17, 15) is 9.59 Å². The van der Waals surface area contributed by atoms with E-state index in [0.29, 0.717) is 29.1 Å². The lowest BCUT2D eigenvalue weighted by Gasteiger charge is -2.21. The Balaban J connectivity index is 1.46. The molecule has 9 heteroatoms. The number of hydrogen-bond donors (Lipinski definition) is 1. The van der Waals surface area contributed by atoms with Crippen molar-refractivity contribution in [2.24, 2.45) is 0 Å². The van der Waals surface area contributed by atoms with Crippen LogP contribution in [0.4, 0.5) is 5.69 Å². The lowest BCUT2D eigenvalue weighted by atomic mass is 9.98. The maximum atomic E-state index is 13.3. The number of halogens is 1. The number of hydrogen-bond acceptors (Lipinski definition) is 5.